The lowest BCUT2D eigenvalue weighted by Gasteiger charge is -2.23. The van der Waals surface area contributed by atoms with E-state index in [9.17, 15) is 8.42 Å². The molecular weight excluding hydrogens is 308 g/mol. The van der Waals surface area contributed by atoms with Crippen molar-refractivity contribution in [3.63, 3.8) is 0 Å². The standard InChI is InChI=1S/C14H18N2O3S2/c1-3-13-4-5-14(20-13)21(17,18)16(10-11-19-2)12-6-8-15-9-7-12/h4-9H,3,10-11H2,1-2H3. The van der Waals surface area contributed by atoms with Gasteiger partial charge in [0.15, 0.2) is 0 Å². The number of anilines is 1. The first-order valence-corrected chi connectivity index (χ1v) is 8.85. The van der Waals surface area contributed by atoms with E-state index in [4.69, 9.17) is 4.74 Å². The van der Waals surface area contributed by atoms with Gasteiger partial charge in [0.05, 0.1) is 18.8 Å². The molecule has 0 saturated carbocycles. The minimum Gasteiger partial charge on any atom is -0.383 e. The van der Waals surface area contributed by atoms with Gasteiger partial charge in [-0.15, -0.1) is 11.3 Å². The third-order valence-electron chi connectivity index (χ3n) is 2.98. The molecule has 2 heterocycles. The van der Waals surface area contributed by atoms with E-state index in [0.29, 0.717) is 16.5 Å². The number of ether oxygens (including phenoxy) is 1. The van der Waals surface area contributed by atoms with Crippen LogP contribution >= 0.6 is 11.3 Å². The fraction of sp³-hybridized carbons (Fsp3) is 0.357. The Morgan fingerprint density at radius 3 is 2.52 bits per heavy atom. The number of pyridine rings is 1. The second-order valence-corrected chi connectivity index (χ2v) is 7.61. The molecule has 0 aliphatic carbocycles. The lowest BCUT2D eigenvalue weighted by atomic mass is 10.4. The van der Waals surface area contributed by atoms with E-state index in [1.54, 1.807) is 37.7 Å². The van der Waals surface area contributed by atoms with Crippen molar-refractivity contribution in [1.29, 1.82) is 0 Å². The Morgan fingerprint density at radius 2 is 1.95 bits per heavy atom. The van der Waals surface area contributed by atoms with Crippen molar-refractivity contribution >= 4 is 27.0 Å². The summed E-state index contributed by atoms with van der Waals surface area (Å²) in [5, 5.41) is 0. The first-order chi connectivity index (χ1) is 10.1. The van der Waals surface area contributed by atoms with Gasteiger partial charge in [-0.3, -0.25) is 9.29 Å². The zero-order valence-corrected chi connectivity index (χ0v) is 13.7. The average molecular weight is 326 g/mol. The minimum atomic E-state index is -3.57. The van der Waals surface area contributed by atoms with Crippen molar-refractivity contribution in [3.8, 4) is 0 Å². The summed E-state index contributed by atoms with van der Waals surface area (Å²) in [7, 11) is -2.02. The van der Waals surface area contributed by atoms with Crippen LogP contribution in [0, 0.1) is 0 Å². The lowest BCUT2D eigenvalue weighted by molar-refractivity contribution is 0.208. The first kappa shape index (κ1) is 15.9. The number of methoxy groups -OCH3 is 1. The maximum absolute atomic E-state index is 12.8. The number of sulfonamides is 1. The van der Waals surface area contributed by atoms with Crippen LogP contribution in [0.2, 0.25) is 0 Å². The molecule has 7 heteroatoms. The molecule has 2 rings (SSSR count). The molecule has 2 aromatic heterocycles. The summed E-state index contributed by atoms with van der Waals surface area (Å²) in [5.41, 5.74) is 0.591. The quantitative estimate of drug-likeness (QED) is 0.784. The van der Waals surface area contributed by atoms with E-state index in [1.165, 1.54) is 15.6 Å². The smallest absolute Gasteiger partial charge is 0.273 e. The van der Waals surface area contributed by atoms with E-state index >= 15 is 0 Å². The van der Waals surface area contributed by atoms with Gasteiger partial charge in [-0.25, -0.2) is 8.42 Å². The lowest BCUT2D eigenvalue weighted by Crippen LogP contribution is -2.33. The van der Waals surface area contributed by atoms with Gasteiger partial charge in [0, 0.05) is 24.4 Å². The molecule has 0 aliphatic rings. The van der Waals surface area contributed by atoms with Gasteiger partial charge in [-0.2, -0.15) is 0 Å². The van der Waals surface area contributed by atoms with Crippen LogP contribution < -0.4 is 4.31 Å². The third-order valence-corrected chi connectivity index (χ3v) is 6.50. The van der Waals surface area contributed by atoms with Gasteiger partial charge in [0.1, 0.15) is 4.21 Å². The number of aryl methyl sites for hydroxylation is 1. The summed E-state index contributed by atoms with van der Waals surface area (Å²) < 4.78 is 32.4. The Morgan fingerprint density at radius 1 is 1.24 bits per heavy atom. The number of hydrogen-bond donors (Lipinski definition) is 0. The van der Waals surface area contributed by atoms with Crippen LogP contribution in [0.1, 0.15) is 11.8 Å². The van der Waals surface area contributed by atoms with E-state index in [-0.39, 0.29) is 6.54 Å². The molecule has 0 unspecified atom stereocenters. The Labute approximate surface area is 129 Å². The Hall–Kier alpha value is -1.44. The van der Waals surface area contributed by atoms with Crippen molar-refractivity contribution < 1.29 is 13.2 Å². The van der Waals surface area contributed by atoms with Crippen molar-refractivity contribution in [2.75, 3.05) is 24.6 Å². The highest BCUT2D eigenvalue weighted by Gasteiger charge is 2.26. The molecule has 0 aliphatic heterocycles. The molecule has 0 fully saturated rings. The molecule has 0 saturated heterocycles. The molecule has 0 atom stereocenters. The number of rotatable bonds is 7. The molecule has 0 amide bonds. The van der Waals surface area contributed by atoms with Gasteiger partial charge in [-0.05, 0) is 30.7 Å². The van der Waals surface area contributed by atoms with Gasteiger partial charge in [-0.1, -0.05) is 6.92 Å². The highest BCUT2D eigenvalue weighted by Crippen LogP contribution is 2.28. The second-order valence-electron chi connectivity index (χ2n) is 4.35. The summed E-state index contributed by atoms with van der Waals surface area (Å²) in [6, 6.07) is 6.89. The monoisotopic (exact) mass is 326 g/mol. The summed E-state index contributed by atoms with van der Waals surface area (Å²) in [5.74, 6) is 0. The Bertz CT molecular complexity index is 669. The van der Waals surface area contributed by atoms with Gasteiger partial charge >= 0.3 is 0 Å². The van der Waals surface area contributed by atoms with Crippen LogP contribution in [0.3, 0.4) is 0 Å². The highest BCUT2D eigenvalue weighted by atomic mass is 32.2. The van der Waals surface area contributed by atoms with Crippen LogP contribution in [-0.2, 0) is 21.2 Å². The van der Waals surface area contributed by atoms with Crippen molar-refractivity contribution in [1.82, 2.24) is 4.98 Å². The molecule has 0 aromatic carbocycles. The minimum absolute atomic E-state index is 0.266. The molecule has 21 heavy (non-hydrogen) atoms. The van der Waals surface area contributed by atoms with Gasteiger partial charge < -0.3 is 4.74 Å². The molecule has 2 aromatic rings. The summed E-state index contributed by atoms with van der Waals surface area (Å²) >= 11 is 1.31. The van der Waals surface area contributed by atoms with Crippen LogP contribution in [0.15, 0.2) is 40.9 Å². The maximum atomic E-state index is 12.8. The van der Waals surface area contributed by atoms with E-state index in [0.717, 1.165) is 11.3 Å². The zero-order chi connectivity index (χ0) is 15.3. The molecule has 0 N–H and O–H groups in total. The van der Waals surface area contributed by atoms with E-state index < -0.39 is 10.0 Å². The first-order valence-electron chi connectivity index (χ1n) is 6.60. The Kier molecular flexibility index (Phi) is 5.33. The fourth-order valence-corrected chi connectivity index (χ4v) is 4.73. The maximum Gasteiger partial charge on any atom is 0.273 e. The topological polar surface area (TPSA) is 59.5 Å². The summed E-state index contributed by atoms with van der Waals surface area (Å²) in [6.45, 7) is 2.60. The van der Waals surface area contributed by atoms with Crippen LogP contribution in [0.5, 0.6) is 0 Å². The second kappa shape index (κ2) is 7.02. The number of aromatic nitrogens is 1. The summed E-state index contributed by atoms with van der Waals surface area (Å²) in [6.07, 6.45) is 3.99. The molecule has 0 radical (unpaired) electrons. The molecule has 0 spiro atoms. The Balaban J connectivity index is 2.39. The van der Waals surface area contributed by atoms with Gasteiger partial charge in [0.25, 0.3) is 10.0 Å². The van der Waals surface area contributed by atoms with Crippen molar-refractivity contribution in [3.05, 3.63) is 41.5 Å². The fourth-order valence-electron chi connectivity index (χ4n) is 1.87. The van der Waals surface area contributed by atoms with Crippen molar-refractivity contribution in [2.24, 2.45) is 0 Å². The third kappa shape index (κ3) is 3.61. The SMILES string of the molecule is CCc1ccc(S(=O)(=O)N(CCOC)c2ccncc2)s1. The molecule has 114 valence electrons. The largest absolute Gasteiger partial charge is 0.383 e. The molecule has 5 nitrogen and oxygen atoms in total. The highest BCUT2D eigenvalue weighted by molar-refractivity contribution is 7.94. The molecule has 0 bridgehead atoms. The van der Waals surface area contributed by atoms with Crippen LogP contribution in [0.25, 0.3) is 0 Å². The number of nitrogens with zero attached hydrogens (tertiary/aromatic N) is 2. The van der Waals surface area contributed by atoms with Gasteiger partial charge in [0.2, 0.25) is 0 Å². The number of thiophene rings is 1. The van der Waals surface area contributed by atoms with Crippen LogP contribution in [0.4, 0.5) is 5.69 Å². The average Bonchev–Trinajstić information content (AvgIpc) is 2.98. The predicted molar refractivity (Wildman–Crippen MR) is 84.3 cm³/mol. The molecular formula is C14H18N2O3S2. The van der Waals surface area contributed by atoms with Crippen LogP contribution in [-0.4, -0.2) is 33.7 Å². The number of hydrogen-bond acceptors (Lipinski definition) is 5. The predicted octanol–water partition coefficient (Wildman–Crippen LogP) is 2.55. The van der Waals surface area contributed by atoms with Crippen molar-refractivity contribution in [2.45, 2.75) is 17.6 Å². The van der Waals surface area contributed by atoms with E-state index in [2.05, 4.69) is 4.98 Å². The summed E-state index contributed by atoms with van der Waals surface area (Å²) in [4.78, 5) is 4.98. The normalized spacial score (nSPS) is 11.5. The van der Waals surface area contributed by atoms with E-state index in [1.807, 2.05) is 13.0 Å². The zero-order valence-electron chi connectivity index (χ0n) is 12.0.